The van der Waals surface area contributed by atoms with Gasteiger partial charge in [-0.15, -0.1) is 11.3 Å². The number of thiazole rings is 1. The predicted molar refractivity (Wildman–Crippen MR) is 75.9 cm³/mol. The van der Waals surface area contributed by atoms with Crippen molar-refractivity contribution in [2.24, 2.45) is 5.92 Å². The van der Waals surface area contributed by atoms with Crippen molar-refractivity contribution in [3.8, 4) is 0 Å². The minimum Gasteiger partial charge on any atom is -0.393 e. The van der Waals surface area contributed by atoms with E-state index in [-0.39, 0.29) is 11.5 Å². The average Bonchev–Trinajstić information content (AvgIpc) is 2.85. The van der Waals surface area contributed by atoms with E-state index in [1.807, 2.05) is 24.5 Å². The molecule has 1 fully saturated rings. The second kappa shape index (κ2) is 5.27. The summed E-state index contributed by atoms with van der Waals surface area (Å²) >= 11 is 1.82. The Balaban J connectivity index is 1.93. The van der Waals surface area contributed by atoms with Crippen LogP contribution in [0.4, 0.5) is 0 Å². The number of nitrogens with zero attached hydrogens (tertiary/aromatic N) is 2. The maximum absolute atomic E-state index is 9.61. The second-order valence-electron chi connectivity index (χ2n) is 6.41. The van der Waals surface area contributed by atoms with Gasteiger partial charge in [-0.3, -0.25) is 4.90 Å². The van der Waals surface area contributed by atoms with Gasteiger partial charge in [0.05, 0.1) is 11.1 Å². The van der Waals surface area contributed by atoms with Gasteiger partial charge in [0.25, 0.3) is 0 Å². The van der Waals surface area contributed by atoms with E-state index in [2.05, 4.69) is 30.7 Å². The molecule has 2 unspecified atom stereocenters. The topological polar surface area (TPSA) is 36.4 Å². The molecule has 2 rings (SSSR count). The lowest BCUT2D eigenvalue weighted by atomic mass is 9.98. The second-order valence-corrected chi connectivity index (χ2v) is 7.52. The molecule has 0 spiro atoms. The SMILES string of the molecule is CC(O)C1CCN(Cc2cnc(C(C)(C)C)s2)C1. The Hall–Kier alpha value is -0.450. The van der Waals surface area contributed by atoms with E-state index >= 15 is 0 Å². The van der Waals surface area contributed by atoms with E-state index < -0.39 is 0 Å². The van der Waals surface area contributed by atoms with E-state index in [4.69, 9.17) is 0 Å². The molecule has 2 heterocycles. The van der Waals surface area contributed by atoms with Crippen LogP contribution in [0.5, 0.6) is 0 Å². The van der Waals surface area contributed by atoms with Gasteiger partial charge in [-0.2, -0.15) is 0 Å². The van der Waals surface area contributed by atoms with Gasteiger partial charge in [-0.05, 0) is 25.8 Å². The van der Waals surface area contributed by atoms with E-state index in [1.54, 1.807) is 0 Å². The molecule has 0 aromatic carbocycles. The number of aromatic nitrogens is 1. The zero-order valence-corrected chi connectivity index (χ0v) is 12.6. The van der Waals surface area contributed by atoms with Crippen LogP contribution in [0.2, 0.25) is 0 Å². The number of rotatable bonds is 3. The zero-order valence-electron chi connectivity index (χ0n) is 11.8. The molecule has 0 aliphatic carbocycles. The highest BCUT2D eigenvalue weighted by atomic mass is 32.1. The molecule has 0 saturated carbocycles. The number of hydrogen-bond donors (Lipinski definition) is 1. The van der Waals surface area contributed by atoms with Gasteiger partial charge in [-0.1, -0.05) is 20.8 Å². The van der Waals surface area contributed by atoms with Gasteiger partial charge in [0, 0.05) is 29.6 Å². The summed E-state index contributed by atoms with van der Waals surface area (Å²) in [7, 11) is 0. The maximum Gasteiger partial charge on any atom is 0.0981 e. The van der Waals surface area contributed by atoms with Crippen molar-refractivity contribution < 1.29 is 5.11 Å². The van der Waals surface area contributed by atoms with Crippen LogP contribution in [0, 0.1) is 5.92 Å². The molecule has 1 N–H and O–H groups in total. The quantitative estimate of drug-likeness (QED) is 0.915. The van der Waals surface area contributed by atoms with Gasteiger partial charge >= 0.3 is 0 Å². The Morgan fingerprint density at radius 2 is 2.28 bits per heavy atom. The first kappa shape index (κ1) is 14.0. The number of aliphatic hydroxyl groups is 1. The lowest BCUT2D eigenvalue weighted by Gasteiger charge is -2.16. The molecule has 1 aliphatic heterocycles. The molecule has 1 aromatic heterocycles. The normalized spacial score (nSPS) is 23.5. The largest absolute Gasteiger partial charge is 0.393 e. The van der Waals surface area contributed by atoms with Crippen LogP contribution in [0.3, 0.4) is 0 Å². The molecule has 1 saturated heterocycles. The van der Waals surface area contributed by atoms with Crippen LogP contribution in [0.25, 0.3) is 0 Å². The Morgan fingerprint density at radius 3 is 2.78 bits per heavy atom. The van der Waals surface area contributed by atoms with E-state index in [0.29, 0.717) is 5.92 Å². The standard InChI is InChI=1S/C14H24N2OS/c1-10(17)11-5-6-16(8-11)9-12-7-15-13(18-12)14(2,3)4/h7,10-11,17H,5-6,8-9H2,1-4H3. The van der Waals surface area contributed by atoms with Gasteiger partial charge in [0.15, 0.2) is 0 Å². The summed E-state index contributed by atoms with van der Waals surface area (Å²) in [6.07, 6.45) is 2.95. The molecule has 0 radical (unpaired) electrons. The molecule has 2 atom stereocenters. The van der Waals surface area contributed by atoms with Gasteiger partial charge < -0.3 is 5.11 Å². The molecular weight excluding hydrogens is 244 g/mol. The third-order valence-electron chi connectivity index (χ3n) is 3.57. The highest BCUT2D eigenvalue weighted by Crippen LogP contribution is 2.29. The molecule has 102 valence electrons. The van der Waals surface area contributed by atoms with Crippen molar-refractivity contribution in [3.05, 3.63) is 16.1 Å². The highest BCUT2D eigenvalue weighted by Gasteiger charge is 2.26. The number of hydrogen-bond acceptors (Lipinski definition) is 4. The maximum atomic E-state index is 9.61. The molecule has 0 bridgehead atoms. The Bertz CT molecular complexity index is 395. The Morgan fingerprint density at radius 1 is 1.56 bits per heavy atom. The summed E-state index contributed by atoms with van der Waals surface area (Å²) in [5.74, 6) is 0.444. The zero-order chi connectivity index (χ0) is 13.3. The van der Waals surface area contributed by atoms with Crippen molar-refractivity contribution in [2.45, 2.75) is 52.2 Å². The van der Waals surface area contributed by atoms with E-state index in [0.717, 1.165) is 26.1 Å². The van der Waals surface area contributed by atoms with E-state index in [9.17, 15) is 5.11 Å². The fourth-order valence-corrected chi connectivity index (χ4v) is 3.36. The van der Waals surface area contributed by atoms with Gasteiger partial charge in [-0.25, -0.2) is 4.98 Å². The first-order valence-electron chi connectivity index (χ1n) is 6.72. The monoisotopic (exact) mass is 268 g/mol. The lowest BCUT2D eigenvalue weighted by molar-refractivity contribution is 0.127. The predicted octanol–water partition coefficient (Wildman–Crippen LogP) is 2.64. The van der Waals surface area contributed by atoms with Crippen LogP contribution in [-0.2, 0) is 12.0 Å². The lowest BCUT2D eigenvalue weighted by Crippen LogP contribution is -2.23. The van der Waals surface area contributed by atoms with Crippen molar-refractivity contribution in [2.75, 3.05) is 13.1 Å². The third kappa shape index (κ3) is 3.31. The van der Waals surface area contributed by atoms with Crippen molar-refractivity contribution in [1.82, 2.24) is 9.88 Å². The van der Waals surface area contributed by atoms with E-state index in [1.165, 1.54) is 9.88 Å². The molecule has 0 amide bonds. The fourth-order valence-electron chi connectivity index (χ4n) is 2.35. The summed E-state index contributed by atoms with van der Waals surface area (Å²) in [6.45, 7) is 11.6. The van der Waals surface area contributed by atoms with Crippen LogP contribution < -0.4 is 0 Å². The summed E-state index contributed by atoms with van der Waals surface area (Å²) in [6, 6.07) is 0. The minimum absolute atomic E-state index is 0.149. The van der Waals surface area contributed by atoms with Crippen LogP contribution in [-0.4, -0.2) is 34.2 Å². The summed E-state index contributed by atoms with van der Waals surface area (Å²) in [4.78, 5) is 8.29. The fraction of sp³-hybridized carbons (Fsp3) is 0.786. The molecular formula is C14H24N2OS. The highest BCUT2D eigenvalue weighted by molar-refractivity contribution is 7.11. The summed E-state index contributed by atoms with van der Waals surface area (Å²) in [5.41, 5.74) is 0.149. The van der Waals surface area contributed by atoms with Crippen LogP contribution >= 0.6 is 11.3 Å². The van der Waals surface area contributed by atoms with Gasteiger partial charge in [0.1, 0.15) is 0 Å². The summed E-state index contributed by atoms with van der Waals surface area (Å²) in [5, 5.41) is 10.8. The third-order valence-corrected chi connectivity index (χ3v) is 4.97. The van der Waals surface area contributed by atoms with Crippen LogP contribution in [0.1, 0.15) is 44.0 Å². The molecule has 4 heteroatoms. The smallest absolute Gasteiger partial charge is 0.0981 e. The van der Waals surface area contributed by atoms with Gasteiger partial charge in [0.2, 0.25) is 0 Å². The first-order valence-corrected chi connectivity index (χ1v) is 7.53. The van der Waals surface area contributed by atoms with Crippen molar-refractivity contribution >= 4 is 11.3 Å². The first-order chi connectivity index (χ1) is 8.36. The number of aliphatic hydroxyl groups excluding tert-OH is 1. The minimum atomic E-state index is -0.179. The molecule has 3 nitrogen and oxygen atoms in total. The summed E-state index contributed by atoms with van der Waals surface area (Å²) < 4.78 is 0. The average molecular weight is 268 g/mol. The molecule has 1 aromatic rings. The Labute approximate surface area is 114 Å². The molecule has 1 aliphatic rings. The number of likely N-dealkylation sites (tertiary alicyclic amines) is 1. The van der Waals surface area contributed by atoms with Crippen LogP contribution in [0.15, 0.2) is 6.20 Å². The van der Waals surface area contributed by atoms with Crippen molar-refractivity contribution in [3.63, 3.8) is 0 Å². The molecule has 18 heavy (non-hydrogen) atoms. The van der Waals surface area contributed by atoms with Crippen molar-refractivity contribution in [1.29, 1.82) is 0 Å². The Kier molecular flexibility index (Phi) is 4.09.